The highest BCUT2D eigenvalue weighted by Crippen LogP contribution is 2.24. The summed E-state index contributed by atoms with van der Waals surface area (Å²) in [6.45, 7) is 1.03. The van der Waals surface area contributed by atoms with Crippen molar-refractivity contribution in [2.75, 3.05) is 19.7 Å². The summed E-state index contributed by atoms with van der Waals surface area (Å²) in [5.41, 5.74) is 0. The maximum absolute atomic E-state index is 12.2. The lowest BCUT2D eigenvalue weighted by molar-refractivity contribution is -0.137. The molecule has 2 aliphatic heterocycles. The highest BCUT2D eigenvalue weighted by atomic mass is 16.4. The first kappa shape index (κ1) is 12.2. The Kier molecular flexibility index (Phi) is 3.51. The molecule has 6 heteroatoms. The Morgan fingerprint density at radius 2 is 1.76 bits per heavy atom. The van der Waals surface area contributed by atoms with Gasteiger partial charge in [0.05, 0.1) is 12.6 Å². The summed E-state index contributed by atoms with van der Waals surface area (Å²) in [6, 6.07) is -0.668. The lowest BCUT2D eigenvalue weighted by Crippen LogP contribution is -2.49. The zero-order valence-corrected chi connectivity index (χ0v) is 9.71. The van der Waals surface area contributed by atoms with E-state index in [0.29, 0.717) is 19.5 Å². The Balaban J connectivity index is 2.06. The van der Waals surface area contributed by atoms with Gasteiger partial charge in [-0.3, -0.25) is 9.69 Å². The van der Waals surface area contributed by atoms with E-state index in [-0.39, 0.29) is 18.6 Å². The second-order valence-corrected chi connectivity index (χ2v) is 4.64. The SMILES string of the molecule is O=C([C@@H]1CCCN1C(=O)O)N1CCC[C@H]1CO. The summed E-state index contributed by atoms with van der Waals surface area (Å²) in [7, 11) is 0. The van der Waals surface area contributed by atoms with Crippen LogP contribution < -0.4 is 0 Å². The predicted molar refractivity (Wildman–Crippen MR) is 59.6 cm³/mol. The molecule has 0 radical (unpaired) electrons. The summed E-state index contributed by atoms with van der Waals surface area (Å²) in [4.78, 5) is 26.1. The zero-order valence-electron chi connectivity index (χ0n) is 9.71. The quantitative estimate of drug-likeness (QED) is 0.720. The Hall–Kier alpha value is -1.30. The topological polar surface area (TPSA) is 81.1 Å². The van der Waals surface area contributed by atoms with Crippen molar-refractivity contribution >= 4 is 12.0 Å². The first-order valence-electron chi connectivity index (χ1n) is 6.06. The van der Waals surface area contributed by atoms with Crippen LogP contribution in [0.5, 0.6) is 0 Å². The van der Waals surface area contributed by atoms with Gasteiger partial charge in [0.15, 0.2) is 0 Å². The second-order valence-electron chi connectivity index (χ2n) is 4.64. The van der Waals surface area contributed by atoms with E-state index >= 15 is 0 Å². The van der Waals surface area contributed by atoms with Crippen LogP contribution in [0.2, 0.25) is 0 Å². The molecule has 0 aromatic heterocycles. The number of likely N-dealkylation sites (tertiary alicyclic amines) is 2. The van der Waals surface area contributed by atoms with Crippen molar-refractivity contribution in [3.63, 3.8) is 0 Å². The summed E-state index contributed by atoms with van der Waals surface area (Å²) >= 11 is 0. The van der Waals surface area contributed by atoms with Crippen molar-refractivity contribution in [2.24, 2.45) is 0 Å². The van der Waals surface area contributed by atoms with Gasteiger partial charge in [0, 0.05) is 13.1 Å². The molecule has 2 atom stereocenters. The zero-order chi connectivity index (χ0) is 12.4. The summed E-state index contributed by atoms with van der Waals surface area (Å²) in [5.74, 6) is -0.138. The van der Waals surface area contributed by atoms with Crippen LogP contribution in [0, 0.1) is 0 Å². The Labute approximate surface area is 99.8 Å². The van der Waals surface area contributed by atoms with E-state index in [0.717, 1.165) is 19.3 Å². The number of carbonyl (C=O) groups is 2. The van der Waals surface area contributed by atoms with Crippen molar-refractivity contribution in [1.82, 2.24) is 9.80 Å². The molecule has 0 aliphatic carbocycles. The van der Waals surface area contributed by atoms with Gasteiger partial charge in [-0.25, -0.2) is 4.79 Å². The summed E-state index contributed by atoms with van der Waals surface area (Å²) in [5, 5.41) is 18.2. The molecule has 17 heavy (non-hydrogen) atoms. The molecule has 2 fully saturated rings. The third kappa shape index (κ3) is 2.22. The normalized spacial score (nSPS) is 28.8. The Morgan fingerprint density at radius 1 is 1.12 bits per heavy atom. The molecule has 0 bridgehead atoms. The molecule has 2 amide bonds. The van der Waals surface area contributed by atoms with Crippen LogP contribution in [0.4, 0.5) is 4.79 Å². The van der Waals surface area contributed by atoms with Crippen molar-refractivity contribution in [2.45, 2.75) is 37.8 Å². The van der Waals surface area contributed by atoms with Crippen LogP contribution >= 0.6 is 0 Å². The van der Waals surface area contributed by atoms with Crippen LogP contribution in [0.1, 0.15) is 25.7 Å². The van der Waals surface area contributed by atoms with Gasteiger partial charge in [0.2, 0.25) is 5.91 Å². The number of hydrogen-bond acceptors (Lipinski definition) is 3. The van der Waals surface area contributed by atoms with E-state index in [4.69, 9.17) is 5.11 Å². The van der Waals surface area contributed by atoms with Crippen LogP contribution in [0.15, 0.2) is 0 Å². The van der Waals surface area contributed by atoms with E-state index in [1.54, 1.807) is 4.90 Å². The first-order chi connectivity index (χ1) is 8.15. The summed E-state index contributed by atoms with van der Waals surface area (Å²) < 4.78 is 0. The second kappa shape index (κ2) is 4.91. The van der Waals surface area contributed by atoms with Crippen LogP contribution in [-0.2, 0) is 4.79 Å². The average molecular weight is 242 g/mol. The minimum absolute atomic E-state index is 0.0362. The number of rotatable bonds is 2. The maximum atomic E-state index is 12.2. The Morgan fingerprint density at radius 3 is 2.41 bits per heavy atom. The molecular weight excluding hydrogens is 224 g/mol. The van der Waals surface area contributed by atoms with Gasteiger partial charge in [-0.15, -0.1) is 0 Å². The van der Waals surface area contributed by atoms with Crippen LogP contribution in [0.3, 0.4) is 0 Å². The molecule has 0 unspecified atom stereocenters. The van der Waals surface area contributed by atoms with Gasteiger partial charge >= 0.3 is 6.09 Å². The predicted octanol–water partition coefficient (Wildman–Crippen LogP) is 0.112. The molecule has 0 saturated carbocycles. The van der Waals surface area contributed by atoms with Gasteiger partial charge in [0.1, 0.15) is 6.04 Å². The van der Waals surface area contributed by atoms with E-state index in [2.05, 4.69) is 0 Å². The number of hydrogen-bond donors (Lipinski definition) is 2. The fourth-order valence-electron chi connectivity index (χ4n) is 2.76. The lowest BCUT2D eigenvalue weighted by atomic mass is 10.1. The van der Waals surface area contributed by atoms with E-state index < -0.39 is 12.1 Å². The van der Waals surface area contributed by atoms with Crippen molar-refractivity contribution in [3.05, 3.63) is 0 Å². The first-order valence-corrected chi connectivity index (χ1v) is 6.06. The number of aliphatic hydroxyl groups is 1. The maximum Gasteiger partial charge on any atom is 0.407 e. The number of amides is 2. The smallest absolute Gasteiger partial charge is 0.407 e. The molecule has 96 valence electrons. The monoisotopic (exact) mass is 242 g/mol. The van der Waals surface area contributed by atoms with Gasteiger partial charge in [0.25, 0.3) is 0 Å². The minimum atomic E-state index is -1.03. The lowest BCUT2D eigenvalue weighted by Gasteiger charge is -2.29. The third-order valence-electron chi connectivity index (χ3n) is 3.65. The van der Waals surface area contributed by atoms with E-state index in [1.165, 1.54) is 4.90 Å². The van der Waals surface area contributed by atoms with Gasteiger partial charge in [-0.05, 0) is 25.7 Å². The molecule has 2 heterocycles. The number of nitrogens with zero attached hydrogens (tertiary/aromatic N) is 2. The fourth-order valence-corrected chi connectivity index (χ4v) is 2.76. The Bertz CT molecular complexity index is 321. The van der Waals surface area contributed by atoms with Crippen LogP contribution in [-0.4, -0.2) is 63.8 Å². The number of carbonyl (C=O) groups excluding carboxylic acids is 1. The van der Waals surface area contributed by atoms with E-state index in [9.17, 15) is 14.7 Å². The molecule has 6 nitrogen and oxygen atoms in total. The molecule has 0 aromatic carbocycles. The number of carboxylic acid groups (broad SMARTS) is 1. The van der Waals surface area contributed by atoms with Gasteiger partial charge in [-0.2, -0.15) is 0 Å². The molecular formula is C11H18N2O4. The van der Waals surface area contributed by atoms with Crippen molar-refractivity contribution in [3.8, 4) is 0 Å². The van der Waals surface area contributed by atoms with E-state index in [1.807, 2.05) is 0 Å². The molecule has 2 saturated heterocycles. The molecule has 0 aromatic rings. The molecule has 0 spiro atoms. The highest BCUT2D eigenvalue weighted by molar-refractivity contribution is 5.86. The van der Waals surface area contributed by atoms with Gasteiger partial charge in [-0.1, -0.05) is 0 Å². The van der Waals surface area contributed by atoms with Crippen LogP contribution in [0.25, 0.3) is 0 Å². The molecule has 2 aliphatic rings. The average Bonchev–Trinajstić information content (AvgIpc) is 2.96. The van der Waals surface area contributed by atoms with Crippen molar-refractivity contribution in [1.29, 1.82) is 0 Å². The minimum Gasteiger partial charge on any atom is -0.465 e. The fraction of sp³-hybridized carbons (Fsp3) is 0.818. The van der Waals surface area contributed by atoms with Crippen molar-refractivity contribution < 1.29 is 19.8 Å². The molecule has 2 rings (SSSR count). The van der Waals surface area contributed by atoms with Gasteiger partial charge < -0.3 is 15.1 Å². The highest BCUT2D eigenvalue weighted by Gasteiger charge is 2.39. The largest absolute Gasteiger partial charge is 0.465 e. The summed E-state index contributed by atoms with van der Waals surface area (Å²) in [6.07, 6.45) is 2.00. The standard InChI is InChI=1S/C11H18N2O4/c14-7-8-3-1-5-12(8)10(15)9-4-2-6-13(9)11(16)17/h8-9,14H,1-7H2,(H,16,17)/t8-,9-/m0/s1. The number of aliphatic hydroxyl groups excluding tert-OH is 1. The third-order valence-corrected chi connectivity index (χ3v) is 3.65. The molecule has 2 N–H and O–H groups in total.